The summed E-state index contributed by atoms with van der Waals surface area (Å²) in [5.41, 5.74) is 3.28. The van der Waals surface area contributed by atoms with Crippen molar-refractivity contribution in [1.82, 2.24) is 14.4 Å². The molecule has 0 unspecified atom stereocenters. The molecule has 2 aromatic carbocycles. The van der Waals surface area contributed by atoms with Gasteiger partial charge in [-0.15, -0.1) is 0 Å². The first kappa shape index (κ1) is 16.8. The second-order valence-electron chi connectivity index (χ2n) is 6.15. The van der Waals surface area contributed by atoms with Crippen LogP contribution >= 0.6 is 0 Å². The van der Waals surface area contributed by atoms with Crippen LogP contribution < -0.4 is 10.1 Å². The van der Waals surface area contributed by atoms with Crippen molar-refractivity contribution in [2.45, 2.75) is 6.92 Å². The van der Waals surface area contributed by atoms with Crippen LogP contribution in [0.3, 0.4) is 0 Å². The normalized spacial score (nSPS) is 10.7. The highest BCUT2D eigenvalue weighted by Gasteiger charge is 2.17. The molecule has 134 valence electrons. The number of hydrogen-bond donors (Lipinski definition) is 1. The standard InChI is InChI=1S/C21H18N4O2/c1-14-4-6-15(7-5-14)18-19(25-13-3-12-22-21(25)23-18)24-20(26)16-8-10-17(27-2)11-9-16/h3-13H,1-2H3,(H,24,26). The summed E-state index contributed by atoms with van der Waals surface area (Å²) < 4.78 is 6.92. The number of methoxy groups -OCH3 is 1. The Morgan fingerprint density at radius 1 is 1.07 bits per heavy atom. The van der Waals surface area contributed by atoms with Crippen molar-refractivity contribution >= 4 is 17.5 Å². The molecule has 0 aliphatic carbocycles. The quantitative estimate of drug-likeness (QED) is 0.599. The van der Waals surface area contributed by atoms with Gasteiger partial charge >= 0.3 is 0 Å². The summed E-state index contributed by atoms with van der Waals surface area (Å²) >= 11 is 0. The van der Waals surface area contributed by atoms with E-state index in [4.69, 9.17) is 4.74 Å². The van der Waals surface area contributed by atoms with E-state index in [2.05, 4.69) is 15.3 Å². The highest BCUT2D eigenvalue weighted by atomic mass is 16.5. The van der Waals surface area contributed by atoms with E-state index in [-0.39, 0.29) is 5.91 Å². The Hall–Kier alpha value is -3.67. The van der Waals surface area contributed by atoms with E-state index in [1.54, 1.807) is 48.0 Å². The number of nitrogens with one attached hydrogen (secondary N) is 1. The smallest absolute Gasteiger partial charge is 0.256 e. The van der Waals surface area contributed by atoms with Crippen LogP contribution in [0.25, 0.3) is 17.0 Å². The average molecular weight is 358 g/mol. The molecule has 4 aromatic rings. The van der Waals surface area contributed by atoms with E-state index >= 15 is 0 Å². The van der Waals surface area contributed by atoms with Gasteiger partial charge < -0.3 is 10.1 Å². The molecular formula is C21H18N4O2. The molecule has 0 aliphatic heterocycles. The van der Waals surface area contributed by atoms with Gasteiger partial charge in [-0.25, -0.2) is 9.97 Å². The number of fused-ring (bicyclic) bond motifs is 1. The molecule has 2 aromatic heterocycles. The van der Waals surface area contributed by atoms with E-state index in [1.807, 2.05) is 37.4 Å². The first-order chi connectivity index (χ1) is 13.2. The van der Waals surface area contributed by atoms with E-state index < -0.39 is 0 Å². The Labute approximate surface area is 156 Å². The Bertz CT molecular complexity index is 1100. The SMILES string of the molecule is COc1ccc(C(=O)Nc2c(-c3ccc(C)cc3)nc3ncccn23)cc1. The maximum atomic E-state index is 12.8. The maximum absolute atomic E-state index is 12.8. The van der Waals surface area contributed by atoms with Gasteiger partial charge in [0.2, 0.25) is 5.78 Å². The van der Waals surface area contributed by atoms with Gasteiger partial charge in [0.05, 0.1) is 7.11 Å². The molecule has 6 nitrogen and oxygen atoms in total. The summed E-state index contributed by atoms with van der Waals surface area (Å²) in [5.74, 6) is 1.59. The van der Waals surface area contributed by atoms with Crippen LogP contribution in [0, 0.1) is 6.92 Å². The number of amides is 1. The first-order valence-corrected chi connectivity index (χ1v) is 8.51. The number of rotatable bonds is 4. The van der Waals surface area contributed by atoms with Gasteiger partial charge in [0.25, 0.3) is 5.91 Å². The van der Waals surface area contributed by atoms with Crippen LogP contribution in [0.2, 0.25) is 0 Å². The molecule has 0 spiro atoms. The molecule has 0 bridgehead atoms. The number of aromatic nitrogens is 3. The first-order valence-electron chi connectivity index (χ1n) is 8.51. The van der Waals surface area contributed by atoms with Crippen molar-refractivity contribution in [2.75, 3.05) is 12.4 Å². The topological polar surface area (TPSA) is 68.5 Å². The van der Waals surface area contributed by atoms with Gasteiger partial charge in [-0.1, -0.05) is 29.8 Å². The van der Waals surface area contributed by atoms with Crippen LogP contribution in [0.15, 0.2) is 67.0 Å². The predicted octanol–water partition coefficient (Wildman–Crippen LogP) is 3.97. The third-order valence-electron chi connectivity index (χ3n) is 4.31. The summed E-state index contributed by atoms with van der Waals surface area (Å²) in [7, 11) is 1.59. The average Bonchev–Trinajstić information content (AvgIpc) is 3.07. The van der Waals surface area contributed by atoms with E-state index in [9.17, 15) is 4.79 Å². The van der Waals surface area contributed by atoms with Crippen molar-refractivity contribution in [3.63, 3.8) is 0 Å². The van der Waals surface area contributed by atoms with Crippen molar-refractivity contribution in [3.05, 3.63) is 78.1 Å². The highest BCUT2D eigenvalue weighted by molar-refractivity contribution is 6.05. The fourth-order valence-electron chi connectivity index (χ4n) is 2.84. The van der Waals surface area contributed by atoms with Gasteiger partial charge in [0.15, 0.2) is 0 Å². The van der Waals surface area contributed by atoms with Crippen molar-refractivity contribution in [1.29, 1.82) is 0 Å². The van der Waals surface area contributed by atoms with Gasteiger partial charge in [-0.3, -0.25) is 9.20 Å². The minimum absolute atomic E-state index is 0.225. The zero-order chi connectivity index (χ0) is 18.8. The lowest BCUT2D eigenvalue weighted by Gasteiger charge is -2.08. The number of imidazole rings is 1. The van der Waals surface area contributed by atoms with Crippen LogP contribution in [0.1, 0.15) is 15.9 Å². The summed E-state index contributed by atoms with van der Waals surface area (Å²) in [6.07, 6.45) is 3.51. The molecule has 4 rings (SSSR count). The summed E-state index contributed by atoms with van der Waals surface area (Å²) in [4.78, 5) is 21.7. The van der Waals surface area contributed by atoms with E-state index in [0.29, 0.717) is 28.6 Å². The van der Waals surface area contributed by atoms with Crippen molar-refractivity contribution in [3.8, 4) is 17.0 Å². The fourth-order valence-corrected chi connectivity index (χ4v) is 2.84. The van der Waals surface area contributed by atoms with Crippen LogP contribution in [0.4, 0.5) is 5.82 Å². The summed E-state index contributed by atoms with van der Waals surface area (Å²) in [6.45, 7) is 2.03. The monoisotopic (exact) mass is 358 g/mol. The summed E-state index contributed by atoms with van der Waals surface area (Å²) in [5, 5.41) is 2.98. The second kappa shape index (κ2) is 6.92. The molecule has 27 heavy (non-hydrogen) atoms. The molecule has 0 atom stereocenters. The Balaban J connectivity index is 1.76. The molecule has 0 saturated heterocycles. The fraction of sp³-hybridized carbons (Fsp3) is 0.0952. The van der Waals surface area contributed by atoms with Gasteiger partial charge in [-0.05, 0) is 37.3 Å². The molecule has 0 saturated carbocycles. The highest BCUT2D eigenvalue weighted by Crippen LogP contribution is 2.29. The van der Waals surface area contributed by atoms with Crippen LogP contribution in [-0.2, 0) is 0 Å². The number of aryl methyl sites for hydroxylation is 1. The largest absolute Gasteiger partial charge is 0.497 e. The number of benzene rings is 2. The number of hydrogen-bond acceptors (Lipinski definition) is 4. The lowest BCUT2D eigenvalue weighted by Crippen LogP contribution is -2.14. The summed E-state index contributed by atoms with van der Waals surface area (Å²) in [6, 6.07) is 16.8. The lowest BCUT2D eigenvalue weighted by atomic mass is 10.1. The lowest BCUT2D eigenvalue weighted by molar-refractivity contribution is 0.102. The number of carbonyl (C=O) groups is 1. The molecule has 0 fully saturated rings. The van der Waals surface area contributed by atoms with Crippen LogP contribution in [0.5, 0.6) is 5.75 Å². The van der Waals surface area contributed by atoms with Crippen molar-refractivity contribution < 1.29 is 9.53 Å². The number of nitrogens with zero attached hydrogens (tertiary/aromatic N) is 3. The molecular weight excluding hydrogens is 340 g/mol. The number of ether oxygens (including phenoxy) is 1. The number of anilines is 1. The third-order valence-corrected chi connectivity index (χ3v) is 4.31. The Kier molecular flexibility index (Phi) is 4.30. The minimum Gasteiger partial charge on any atom is -0.497 e. The molecule has 6 heteroatoms. The number of carbonyl (C=O) groups excluding carboxylic acids is 1. The van der Waals surface area contributed by atoms with Gasteiger partial charge in [0.1, 0.15) is 17.3 Å². The predicted molar refractivity (Wildman–Crippen MR) is 104 cm³/mol. The Morgan fingerprint density at radius 3 is 2.52 bits per heavy atom. The maximum Gasteiger partial charge on any atom is 0.256 e. The van der Waals surface area contributed by atoms with Crippen LogP contribution in [-0.4, -0.2) is 27.4 Å². The van der Waals surface area contributed by atoms with E-state index in [0.717, 1.165) is 11.1 Å². The molecule has 2 heterocycles. The van der Waals surface area contributed by atoms with Gasteiger partial charge in [-0.2, -0.15) is 0 Å². The van der Waals surface area contributed by atoms with Crippen molar-refractivity contribution in [2.24, 2.45) is 0 Å². The Morgan fingerprint density at radius 2 is 1.81 bits per heavy atom. The zero-order valence-electron chi connectivity index (χ0n) is 15.0. The zero-order valence-corrected chi connectivity index (χ0v) is 15.0. The molecule has 1 N–H and O–H groups in total. The minimum atomic E-state index is -0.225. The van der Waals surface area contributed by atoms with Gasteiger partial charge in [0, 0.05) is 23.5 Å². The van der Waals surface area contributed by atoms with E-state index in [1.165, 1.54) is 0 Å². The third kappa shape index (κ3) is 3.25. The molecule has 0 radical (unpaired) electrons. The second-order valence-corrected chi connectivity index (χ2v) is 6.15. The molecule has 0 aliphatic rings. The molecule has 1 amide bonds.